The Hall–Kier alpha value is -2.38. The third-order valence-electron chi connectivity index (χ3n) is 4.98. The minimum Gasteiger partial charge on any atom is -0.493 e. The number of rotatable bonds is 5. The zero-order chi connectivity index (χ0) is 20.4. The van der Waals surface area contributed by atoms with Gasteiger partial charge in [0.05, 0.1) is 26.3 Å². The average Bonchev–Trinajstić information content (AvgIpc) is 3.20. The molecule has 1 aliphatic rings. The average molecular weight is 473 g/mol. The molecular weight excluding hydrogens is 452 g/mol. The molecule has 1 amide bonds. The van der Waals surface area contributed by atoms with Crippen molar-refractivity contribution in [2.24, 2.45) is 0 Å². The fourth-order valence-corrected chi connectivity index (χ4v) is 4.79. The van der Waals surface area contributed by atoms with Crippen LogP contribution in [-0.4, -0.2) is 31.7 Å². The number of thiazole rings is 1. The Morgan fingerprint density at radius 1 is 1.17 bits per heavy atom. The van der Waals surface area contributed by atoms with E-state index in [1.165, 1.54) is 16.9 Å². The molecule has 3 aromatic rings. The molecule has 150 valence electrons. The maximum atomic E-state index is 13.0. The number of ether oxygens (including phenoxy) is 2. The number of carbonyl (C=O) groups excluding carboxylic acids is 1. The van der Waals surface area contributed by atoms with Crippen molar-refractivity contribution in [1.82, 2.24) is 4.98 Å². The Morgan fingerprint density at radius 3 is 2.79 bits per heavy atom. The molecule has 1 aromatic heterocycles. The van der Waals surface area contributed by atoms with Gasteiger partial charge in [0.25, 0.3) is 0 Å². The van der Waals surface area contributed by atoms with Crippen LogP contribution < -0.4 is 14.4 Å². The van der Waals surface area contributed by atoms with Gasteiger partial charge in [-0.15, -0.1) is 11.3 Å². The van der Waals surface area contributed by atoms with Gasteiger partial charge in [-0.25, -0.2) is 4.98 Å². The third kappa shape index (κ3) is 4.16. The zero-order valence-corrected chi connectivity index (χ0v) is 18.7. The highest BCUT2D eigenvalue weighted by molar-refractivity contribution is 9.10. The molecule has 0 radical (unpaired) electrons. The molecule has 0 bridgehead atoms. The number of hydrogen-bond acceptors (Lipinski definition) is 5. The Labute approximate surface area is 182 Å². The van der Waals surface area contributed by atoms with Crippen molar-refractivity contribution in [1.29, 1.82) is 0 Å². The quantitative estimate of drug-likeness (QED) is 0.517. The zero-order valence-electron chi connectivity index (χ0n) is 16.3. The van der Waals surface area contributed by atoms with E-state index in [1.807, 2.05) is 40.6 Å². The largest absolute Gasteiger partial charge is 0.493 e. The number of fused-ring (bicyclic) bond motifs is 1. The second-order valence-corrected chi connectivity index (χ2v) is 8.59. The number of nitrogens with zero attached hydrogens (tertiary/aromatic N) is 2. The lowest BCUT2D eigenvalue weighted by molar-refractivity contribution is -0.118. The molecule has 0 N–H and O–H groups in total. The maximum absolute atomic E-state index is 13.0. The van der Waals surface area contributed by atoms with Gasteiger partial charge in [-0.05, 0) is 54.8 Å². The maximum Gasteiger partial charge on any atom is 0.233 e. The molecule has 2 heterocycles. The highest BCUT2D eigenvalue weighted by Gasteiger charge is 2.23. The summed E-state index contributed by atoms with van der Waals surface area (Å²) in [5.74, 6) is 1.42. The van der Waals surface area contributed by atoms with Crippen molar-refractivity contribution in [2.75, 3.05) is 25.7 Å². The molecule has 0 aliphatic carbocycles. The van der Waals surface area contributed by atoms with Crippen LogP contribution in [0.3, 0.4) is 0 Å². The molecule has 5 nitrogen and oxygen atoms in total. The van der Waals surface area contributed by atoms with Gasteiger partial charge >= 0.3 is 0 Å². The third-order valence-corrected chi connectivity index (χ3v) is 6.41. The van der Waals surface area contributed by atoms with Crippen LogP contribution in [0.15, 0.2) is 46.3 Å². The van der Waals surface area contributed by atoms with Gasteiger partial charge in [0, 0.05) is 27.6 Å². The molecule has 7 heteroatoms. The summed E-state index contributed by atoms with van der Waals surface area (Å²) in [5.41, 5.74) is 3.96. The second kappa shape index (κ2) is 8.55. The first kappa shape index (κ1) is 19.9. The molecule has 2 aromatic carbocycles. The van der Waals surface area contributed by atoms with E-state index in [-0.39, 0.29) is 5.91 Å². The first-order valence-electron chi connectivity index (χ1n) is 9.34. The van der Waals surface area contributed by atoms with Crippen LogP contribution in [0.2, 0.25) is 0 Å². The first-order valence-corrected chi connectivity index (χ1v) is 11.0. The van der Waals surface area contributed by atoms with Gasteiger partial charge < -0.3 is 14.4 Å². The summed E-state index contributed by atoms with van der Waals surface area (Å²) in [6, 6.07) is 11.8. The number of methoxy groups -OCH3 is 2. The van der Waals surface area contributed by atoms with Gasteiger partial charge in [0.2, 0.25) is 5.91 Å². The number of benzene rings is 2. The SMILES string of the molecule is COc1ccc(-c2nc(CC(=O)N3CCCc4cc(Br)ccc43)cs2)cc1OC. The smallest absolute Gasteiger partial charge is 0.233 e. The molecule has 4 rings (SSSR count). The van der Waals surface area contributed by atoms with E-state index in [4.69, 9.17) is 9.47 Å². The van der Waals surface area contributed by atoms with E-state index >= 15 is 0 Å². The number of aromatic nitrogens is 1. The van der Waals surface area contributed by atoms with E-state index in [0.29, 0.717) is 17.9 Å². The summed E-state index contributed by atoms with van der Waals surface area (Å²) >= 11 is 5.04. The molecule has 0 saturated carbocycles. The summed E-state index contributed by atoms with van der Waals surface area (Å²) in [6.07, 6.45) is 2.27. The number of halogens is 1. The number of hydrogen-bond donors (Lipinski definition) is 0. The predicted octanol–water partition coefficient (Wildman–Crippen LogP) is 5.11. The molecule has 0 saturated heterocycles. The minimum atomic E-state index is 0.0810. The predicted molar refractivity (Wildman–Crippen MR) is 119 cm³/mol. The first-order chi connectivity index (χ1) is 14.1. The summed E-state index contributed by atoms with van der Waals surface area (Å²) in [5, 5.41) is 2.81. The molecular formula is C22H21BrN2O3S. The minimum absolute atomic E-state index is 0.0810. The van der Waals surface area contributed by atoms with Gasteiger partial charge in [-0.2, -0.15) is 0 Å². The highest BCUT2D eigenvalue weighted by Crippen LogP contribution is 2.34. The van der Waals surface area contributed by atoms with Crippen LogP contribution in [0.5, 0.6) is 11.5 Å². The standard InChI is InChI=1S/C22H21BrN2O3S/c1-27-19-8-5-15(11-20(19)28-2)22-24-17(13-29-22)12-21(26)25-9-3-4-14-10-16(23)6-7-18(14)25/h5-8,10-11,13H,3-4,9,12H2,1-2H3. The van der Waals surface area contributed by atoms with E-state index in [0.717, 1.165) is 45.8 Å². The fraction of sp³-hybridized carbons (Fsp3) is 0.273. The van der Waals surface area contributed by atoms with E-state index in [9.17, 15) is 4.79 Å². The normalized spacial score (nSPS) is 13.1. The lowest BCUT2D eigenvalue weighted by atomic mass is 10.0. The molecule has 29 heavy (non-hydrogen) atoms. The van der Waals surface area contributed by atoms with Crippen molar-refractivity contribution in [2.45, 2.75) is 19.3 Å². The number of carbonyl (C=O) groups is 1. The second-order valence-electron chi connectivity index (χ2n) is 6.81. The number of anilines is 1. The van der Waals surface area contributed by atoms with Crippen LogP contribution in [0.1, 0.15) is 17.7 Å². The van der Waals surface area contributed by atoms with Crippen molar-refractivity contribution < 1.29 is 14.3 Å². The fourth-order valence-electron chi connectivity index (χ4n) is 3.57. The van der Waals surface area contributed by atoms with Crippen molar-refractivity contribution in [3.63, 3.8) is 0 Å². The van der Waals surface area contributed by atoms with Crippen molar-refractivity contribution in [3.05, 3.63) is 57.5 Å². The summed E-state index contributed by atoms with van der Waals surface area (Å²) in [7, 11) is 3.23. The van der Waals surface area contributed by atoms with Gasteiger partial charge in [-0.3, -0.25) is 4.79 Å². The van der Waals surface area contributed by atoms with Crippen molar-refractivity contribution in [3.8, 4) is 22.1 Å². The molecule has 0 atom stereocenters. The number of amides is 1. The van der Waals surface area contributed by atoms with Gasteiger partial charge in [0.15, 0.2) is 11.5 Å². The van der Waals surface area contributed by atoms with Gasteiger partial charge in [0.1, 0.15) is 5.01 Å². The Morgan fingerprint density at radius 2 is 2.00 bits per heavy atom. The molecule has 0 unspecified atom stereocenters. The summed E-state index contributed by atoms with van der Waals surface area (Å²) in [4.78, 5) is 19.6. The molecule has 0 spiro atoms. The van der Waals surface area contributed by atoms with Crippen LogP contribution in [-0.2, 0) is 17.6 Å². The van der Waals surface area contributed by atoms with E-state index in [2.05, 4.69) is 27.0 Å². The van der Waals surface area contributed by atoms with Crippen LogP contribution in [0.25, 0.3) is 10.6 Å². The summed E-state index contributed by atoms with van der Waals surface area (Å²) in [6.45, 7) is 0.750. The van der Waals surface area contributed by atoms with Crippen LogP contribution in [0, 0.1) is 0 Å². The number of aryl methyl sites for hydroxylation is 1. The molecule has 0 fully saturated rings. The van der Waals surface area contributed by atoms with Gasteiger partial charge in [-0.1, -0.05) is 15.9 Å². The summed E-state index contributed by atoms with van der Waals surface area (Å²) < 4.78 is 11.7. The highest BCUT2D eigenvalue weighted by atomic mass is 79.9. The molecule has 1 aliphatic heterocycles. The Kier molecular flexibility index (Phi) is 5.87. The van der Waals surface area contributed by atoms with Crippen molar-refractivity contribution >= 4 is 38.9 Å². The van der Waals surface area contributed by atoms with Crippen LogP contribution in [0.4, 0.5) is 5.69 Å². The lowest BCUT2D eigenvalue weighted by Gasteiger charge is -2.29. The topological polar surface area (TPSA) is 51.7 Å². The monoisotopic (exact) mass is 472 g/mol. The Balaban J connectivity index is 1.52. The van der Waals surface area contributed by atoms with Crippen LogP contribution >= 0.6 is 27.3 Å². The van der Waals surface area contributed by atoms with E-state index < -0.39 is 0 Å². The lowest BCUT2D eigenvalue weighted by Crippen LogP contribution is -2.36. The Bertz CT molecular complexity index is 1050. The van der Waals surface area contributed by atoms with E-state index in [1.54, 1.807) is 14.2 Å².